The van der Waals surface area contributed by atoms with Crippen LogP contribution >= 0.6 is 116 Å². The summed E-state index contributed by atoms with van der Waals surface area (Å²) in [6, 6.07) is 0. The first-order chi connectivity index (χ1) is 8.77. The number of hydrogen-bond acceptors (Lipinski definition) is 0. The van der Waals surface area contributed by atoms with E-state index in [2.05, 4.69) is 0 Å². The van der Waals surface area contributed by atoms with Crippen LogP contribution in [-0.4, -0.2) is 43.8 Å². The standard InChI is InChI=1S/C10H2Cl10/c11-2-3(12)1-4(13)6(2,15)8(17)7(3,16)5(1,14)10(19,20)9(4,8)18/h1-2H. The van der Waals surface area contributed by atoms with E-state index in [0.29, 0.717) is 0 Å². The molecule has 6 aliphatic carbocycles. The highest BCUT2D eigenvalue weighted by Gasteiger charge is 3.25. The van der Waals surface area contributed by atoms with Crippen LogP contribution in [0.15, 0.2) is 0 Å². The maximum atomic E-state index is 6.78. The maximum Gasteiger partial charge on any atom is 0.162 e. The molecule has 112 valence electrons. The van der Waals surface area contributed by atoms with Crippen LogP contribution < -0.4 is 0 Å². The molecule has 0 saturated heterocycles. The average molecular weight is 477 g/mol. The monoisotopic (exact) mass is 472 g/mol. The van der Waals surface area contributed by atoms with Crippen molar-refractivity contribution in [1.82, 2.24) is 0 Å². The lowest BCUT2D eigenvalue weighted by atomic mass is 9.42. The van der Waals surface area contributed by atoms with Gasteiger partial charge >= 0.3 is 0 Å². The summed E-state index contributed by atoms with van der Waals surface area (Å²) >= 11 is 66.6. The molecule has 0 radical (unpaired) electrons. The van der Waals surface area contributed by atoms with Gasteiger partial charge < -0.3 is 0 Å². The molecule has 0 aromatic rings. The van der Waals surface area contributed by atoms with Crippen molar-refractivity contribution < 1.29 is 0 Å². The van der Waals surface area contributed by atoms with Crippen molar-refractivity contribution in [1.29, 1.82) is 0 Å². The molecule has 0 aromatic heterocycles. The van der Waals surface area contributed by atoms with Gasteiger partial charge in [-0.3, -0.25) is 0 Å². The van der Waals surface area contributed by atoms with Crippen LogP contribution in [-0.2, 0) is 0 Å². The highest BCUT2D eigenvalue weighted by atomic mass is 35.5. The first-order valence-corrected chi connectivity index (χ1v) is 9.45. The molecule has 0 heterocycles. The van der Waals surface area contributed by atoms with Crippen molar-refractivity contribution in [3.8, 4) is 0 Å². The zero-order valence-corrected chi connectivity index (χ0v) is 16.5. The minimum absolute atomic E-state index is 0.641. The van der Waals surface area contributed by atoms with Gasteiger partial charge in [0.1, 0.15) is 24.4 Å². The smallest absolute Gasteiger partial charge is 0.119 e. The fourth-order valence-corrected chi connectivity index (χ4v) is 14.2. The van der Waals surface area contributed by atoms with Crippen LogP contribution in [0.1, 0.15) is 0 Å². The molecule has 6 aliphatic rings. The molecule has 0 spiro atoms. The van der Waals surface area contributed by atoms with E-state index in [9.17, 15) is 0 Å². The van der Waals surface area contributed by atoms with E-state index >= 15 is 0 Å². The highest BCUT2D eigenvalue weighted by Crippen LogP contribution is 3.09. The third-order valence-corrected chi connectivity index (χ3v) is 15.2. The second-order valence-electron chi connectivity index (χ2n) is 6.25. The van der Waals surface area contributed by atoms with E-state index in [-0.39, 0.29) is 0 Å². The minimum atomic E-state index is -1.67. The summed E-state index contributed by atoms with van der Waals surface area (Å²) in [6.45, 7) is 0. The van der Waals surface area contributed by atoms with Crippen LogP contribution in [0, 0.1) is 5.92 Å². The van der Waals surface area contributed by atoms with Crippen LogP contribution in [0.2, 0.25) is 0 Å². The lowest BCUT2D eigenvalue weighted by molar-refractivity contribution is -0.0200. The van der Waals surface area contributed by atoms with E-state index in [4.69, 9.17) is 116 Å². The molecule has 6 fully saturated rings. The van der Waals surface area contributed by atoms with Crippen molar-refractivity contribution in [3.63, 3.8) is 0 Å². The fraction of sp³-hybridized carbons (Fsp3) is 1.00. The lowest BCUT2D eigenvalue weighted by Gasteiger charge is -2.79. The van der Waals surface area contributed by atoms with Gasteiger partial charge in [0.25, 0.3) is 0 Å². The molecule has 10 heteroatoms. The molecular weight excluding hydrogens is 475 g/mol. The van der Waals surface area contributed by atoms with E-state index in [1.54, 1.807) is 0 Å². The first kappa shape index (κ1) is 15.2. The Balaban J connectivity index is 2.02. The second kappa shape index (κ2) is 2.95. The number of alkyl halides is 10. The van der Waals surface area contributed by atoms with Gasteiger partial charge in [-0.2, -0.15) is 0 Å². The van der Waals surface area contributed by atoms with Gasteiger partial charge in [-0.15, -0.1) is 92.8 Å². The van der Waals surface area contributed by atoms with Crippen LogP contribution in [0.25, 0.3) is 0 Å². The van der Waals surface area contributed by atoms with E-state index in [0.717, 1.165) is 0 Å². The van der Waals surface area contributed by atoms with Crippen molar-refractivity contribution in [2.75, 3.05) is 0 Å². The van der Waals surface area contributed by atoms with Crippen molar-refractivity contribution in [2.45, 2.75) is 43.8 Å². The second-order valence-corrected chi connectivity index (χ2v) is 12.1. The molecule has 0 aromatic carbocycles. The van der Waals surface area contributed by atoms with Crippen LogP contribution in [0.3, 0.4) is 0 Å². The number of hydrogen-bond donors (Lipinski definition) is 0. The summed E-state index contributed by atoms with van der Waals surface area (Å²) in [6.07, 6.45) is 0. The molecule has 0 amide bonds. The van der Waals surface area contributed by atoms with E-state index < -0.39 is 49.7 Å². The Bertz CT molecular complexity index is 638. The summed E-state index contributed by atoms with van der Waals surface area (Å²) in [5.74, 6) is -0.641. The zero-order valence-electron chi connectivity index (χ0n) is 8.93. The maximum absolute atomic E-state index is 6.78. The summed E-state index contributed by atoms with van der Waals surface area (Å²) in [7, 11) is 0. The Hall–Kier alpha value is 2.90. The largest absolute Gasteiger partial charge is 0.162 e. The quantitative estimate of drug-likeness (QED) is 0.417. The summed E-state index contributed by atoms with van der Waals surface area (Å²) in [5.41, 5.74) is 0. The summed E-state index contributed by atoms with van der Waals surface area (Å²) in [4.78, 5) is -9.71. The number of halogens is 10. The Morgan fingerprint density at radius 3 is 1.55 bits per heavy atom. The summed E-state index contributed by atoms with van der Waals surface area (Å²) in [5, 5.41) is -0.793. The minimum Gasteiger partial charge on any atom is -0.119 e. The molecule has 20 heavy (non-hydrogen) atoms. The van der Waals surface area contributed by atoms with Crippen LogP contribution in [0.5, 0.6) is 0 Å². The van der Waals surface area contributed by atoms with Gasteiger partial charge in [0, 0.05) is 5.92 Å². The van der Waals surface area contributed by atoms with Gasteiger partial charge in [0.05, 0.1) is 15.1 Å². The molecule has 4 bridgehead atoms. The Morgan fingerprint density at radius 1 is 0.550 bits per heavy atom. The van der Waals surface area contributed by atoms with Gasteiger partial charge in [-0.1, -0.05) is 23.2 Å². The van der Waals surface area contributed by atoms with Gasteiger partial charge in [0.2, 0.25) is 0 Å². The molecule has 6 rings (SSSR count). The van der Waals surface area contributed by atoms with Crippen LogP contribution in [0.4, 0.5) is 0 Å². The molecule has 0 aliphatic heterocycles. The average Bonchev–Trinajstić information content (AvgIpc) is 2.62. The fourth-order valence-electron chi connectivity index (χ4n) is 5.87. The number of rotatable bonds is 0. The van der Waals surface area contributed by atoms with Crippen molar-refractivity contribution >= 4 is 116 Å². The normalized spacial score (nSPS) is 84.3. The first-order valence-electron chi connectivity index (χ1n) is 5.61. The molecule has 9 unspecified atom stereocenters. The van der Waals surface area contributed by atoms with Crippen molar-refractivity contribution in [2.24, 2.45) is 5.92 Å². The van der Waals surface area contributed by atoms with E-state index in [1.165, 1.54) is 0 Å². The third-order valence-electron chi connectivity index (χ3n) is 6.33. The topological polar surface area (TPSA) is 0 Å². The molecule has 0 N–H and O–H groups in total. The zero-order chi connectivity index (χ0) is 15.2. The lowest BCUT2D eigenvalue weighted by Crippen LogP contribution is -2.98. The SMILES string of the molecule is ClC1C2(Cl)C3C4(Cl)C(Cl)(Cl)C5(Cl)C3(Cl)C1(Cl)C5(Cl)C24Cl. The Morgan fingerprint density at radius 2 is 1.05 bits per heavy atom. The molecule has 0 nitrogen and oxygen atoms in total. The predicted molar refractivity (Wildman–Crippen MR) is 87.7 cm³/mol. The predicted octanol–water partition coefficient (Wildman–Crippen LogP) is 5.30. The molecular formula is C10H2Cl10. The third kappa shape index (κ3) is 0.638. The Labute approximate surface area is 164 Å². The highest BCUT2D eigenvalue weighted by molar-refractivity contribution is 6.75. The molecule has 6 saturated carbocycles. The van der Waals surface area contributed by atoms with Gasteiger partial charge in [0.15, 0.2) is 4.33 Å². The van der Waals surface area contributed by atoms with Gasteiger partial charge in [-0.25, -0.2) is 0 Å². The van der Waals surface area contributed by atoms with Gasteiger partial charge in [-0.05, 0) is 0 Å². The Kier molecular flexibility index (Phi) is 2.24. The van der Waals surface area contributed by atoms with Crippen molar-refractivity contribution in [3.05, 3.63) is 0 Å². The molecule has 9 atom stereocenters. The van der Waals surface area contributed by atoms with E-state index in [1.807, 2.05) is 0 Å². The summed E-state index contributed by atoms with van der Waals surface area (Å²) < 4.78 is -1.67.